The Morgan fingerprint density at radius 1 is 0.843 bits per heavy atom. The van der Waals surface area contributed by atoms with E-state index in [-0.39, 0.29) is 24.3 Å². The van der Waals surface area contributed by atoms with Crippen molar-refractivity contribution in [1.82, 2.24) is 10.2 Å². The predicted molar refractivity (Wildman–Crippen MR) is 206 cm³/mol. The van der Waals surface area contributed by atoms with Crippen molar-refractivity contribution in [1.29, 1.82) is 0 Å². The summed E-state index contributed by atoms with van der Waals surface area (Å²) in [6.07, 6.45) is 2.27. The van der Waals surface area contributed by atoms with Crippen LogP contribution in [-0.4, -0.2) is 43.5 Å². The molecule has 4 atom stereocenters. The minimum atomic E-state index is -1.35. The van der Waals surface area contributed by atoms with E-state index in [0.29, 0.717) is 22.2 Å². The van der Waals surface area contributed by atoms with E-state index >= 15 is 0 Å². The van der Waals surface area contributed by atoms with Crippen LogP contribution < -0.4 is 5.32 Å². The molecule has 262 valence electrons. The molecule has 5 aromatic rings. The van der Waals surface area contributed by atoms with Crippen LogP contribution in [0.4, 0.5) is 0 Å². The van der Waals surface area contributed by atoms with E-state index in [9.17, 15) is 9.59 Å². The maximum atomic E-state index is 14.7. The summed E-state index contributed by atoms with van der Waals surface area (Å²) in [6, 6.07) is 41.2. The molecule has 0 heterocycles. The van der Waals surface area contributed by atoms with Gasteiger partial charge in [-0.05, 0) is 74.0 Å². The van der Waals surface area contributed by atoms with Crippen molar-refractivity contribution in [3.63, 3.8) is 0 Å². The van der Waals surface area contributed by atoms with Gasteiger partial charge in [0.25, 0.3) is 0 Å². The molecule has 7 heteroatoms. The highest BCUT2D eigenvalue weighted by Gasteiger charge is 2.44. The summed E-state index contributed by atoms with van der Waals surface area (Å²) in [6.45, 7) is 2.49. The van der Waals surface area contributed by atoms with Gasteiger partial charge in [-0.2, -0.15) is 0 Å². The van der Waals surface area contributed by atoms with Crippen LogP contribution in [0.5, 0.6) is 0 Å². The maximum Gasteiger partial charge on any atom is 0.308 e. The van der Waals surface area contributed by atoms with Crippen LogP contribution >= 0.6 is 23.2 Å². The van der Waals surface area contributed by atoms with E-state index in [4.69, 9.17) is 27.9 Å². The van der Waals surface area contributed by atoms with Gasteiger partial charge in [0.05, 0.1) is 12.3 Å². The van der Waals surface area contributed by atoms with Gasteiger partial charge in [-0.15, -0.1) is 0 Å². The smallest absolute Gasteiger partial charge is 0.308 e. The van der Waals surface area contributed by atoms with Crippen LogP contribution in [-0.2, 0) is 32.8 Å². The first-order valence-electron chi connectivity index (χ1n) is 17.5. The molecule has 0 saturated carbocycles. The number of benzene rings is 5. The molecule has 0 saturated heterocycles. The number of rotatable bonds is 13. The highest BCUT2D eigenvalue weighted by Crippen LogP contribution is 2.45. The zero-order valence-corrected chi connectivity index (χ0v) is 30.8. The van der Waals surface area contributed by atoms with Gasteiger partial charge >= 0.3 is 5.97 Å². The number of fused-ring (bicyclic) bond motifs is 1. The molecule has 1 amide bonds. The molecular weight excluding hydrogens is 675 g/mol. The molecule has 0 bridgehead atoms. The van der Waals surface area contributed by atoms with Gasteiger partial charge in [-0.25, -0.2) is 0 Å². The summed E-state index contributed by atoms with van der Waals surface area (Å²) in [4.78, 5) is 31.1. The van der Waals surface area contributed by atoms with E-state index < -0.39 is 17.5 Å². The maximum absolute atomic E-state index is 14.7. The van der Waals surface area contributed by atoms with Crippen molar-refractivity contribution in [2.75, 3.05) is 20.6 Å². The van der Waals surface area contributed by atoms with Crippen molar-refractivity contribution >= 4 is 35.1 Å². The monoisotopic (exact) mass is 718 g/mol. The molecule has 51 heavy (non-hydrogen) atoms. The topological polar surface area (TPSA) is 58.6 Å². The Morgan fingerprint density at radius 2 is 1.49 bits per heavy atom. The number of carbonyl (C=O) groups excluding carboxylic acids is 2. The lowest BCUT2D eigenvalue weighted by atomic mass is 9.79. The van der Waals surface area contributed by atoms with Gasteiger partial charge in [0.15, 0.2) is 5.60 Å². The van der Waals surface area contributed by atoms with Gasteiger partial charge in [0.2, 0.25) is 5.91 Å². The Bertz CT molecular complexity index is 1950. The number of halogens is 2. The average molecular weight is 720 g/mol. The lowest BCUT2D eigenvalue weighted by Gasteiger charge is -2.37. The fraction of sp³-hybridized carbons (Fsp3) is 0.273. The first-order chi connectivity index (χ1) is 24.7. The minimum absolute atomic E-state index is 0.00363. The molecule has 1 N–H and O–H groups in total. The third-order valence-corrected chi connectivity index (χ3v) is 10.8. The molecule has 0 radical (unpaired) electrons. The van der Waals surface area contributed by atoms with Crippen molar-refractivity contribution in [3.8, 4) is 0 Å². The Morgan fingerprint density at radius 3 is 2.20 bits per heavy atom. The summed E-state index contributed by atoms with van der Waals surface area (Å²) in [5.41, 5.74) is 5.39. The second-order valence-electron chi connectivity index (χ2n) is 13.6. The zero-order chi connectivity index (χ0) is 36.0. The molecule has 5 nitrogen and oxygen atoms in total. The lowest BCUT2D eigenvalue weighted by molar-refractivity contribution is -0.157. The number of esters is 1. The fourth-order valence-electron chi connectivity index (χ4n) is 7.53. The van der Waals surface area contributed by atoms with Crippen molar-refractivity contribution in [2.45, 2.75) is 50.2 Å². The van der Waals surface area contributed by atoms with Crippen LogP contribution in [0.25, 0.3) is 0 Å². The zero-order valence-electron chi connectivity index (χ0n) is 29.3. The van der Waals surface area contributed by atoms with Gasteiger partial charge in [-0.3, -0.25) is 9.59 Å². The number of hydrogen-bond donors (Lipinski definition) is 1. The Kier molecular flexibility index (Phi) is 11.6. The normalized spacial score (nSPS) is 16.1. The molecular formula is C44H44Cl2N2O3. The SMILES string of the molecule is CNC(Cc1ccc(Cl)cc1)CN(C)C(=O)[C@@H](CC(=O)OC(c1ccccc1)(c1ccc(C)cc1)c1ccccc1Cl)[C@@H]1CCc2ccccc21. The number of ether oxygens (including phenoxy) is 1. The molecule has 1 aliphatic rings. The molecule has 0 aliphatic heterocycles. The number of nitrogens with one attached hydrogen (secondary N) is 1. The molecule has 0 aromatic heterocycles. The number of aryl methyl sites for hydroxylation is 2. The first kappa shape index (κ1) is 36.4. The standard InChI is InChI=1S/C44H44Cl2N2O3/c1-30-17-22-34(23-18-30)44(33-12-5-4-6-13-33,40-15-9-10-16-41(40)46)51-42(49)28-39(38-26-21-32-11-7-8-14-37(32)38)43(50)48(3)29-36(47-2)27-31-19-24-35(45)25-20-31/h4-20,22-25,36,38-39,47H,21,26-29H2,1-3H3/t36?,38-,39+,44?/m1/s1. The van der Waals surface area contributed by atoms with E-state index in [1.165, 1.54) is 5.56 Å². The summed E-state index contributed by atoms with van der Waals surface area (Å²) >= 11 is 13.1. The number of hydrogen-bond acceptors (Lipinski definition) is 4. The molecule has 1 aliphatic carbocycles. The van der Waals surface area contributed by atoms with E-state index in [0.717, 1.165) is 47.1 Å². The van der Waals surface area contributed by atoms with Crippen LogP contribution in [0.1, 0.15) is 57.7 Å². The van der Waals surface area contributed by atoms with Gasteiger partial charge in [-0.1, -0.05) is 138 Å². The van der Waals surface area contributed by atoms with Crippen LogP contribution in [0.3, 0.4) is 0 Å². The average Bonchev–Trinajstić information content (AvgIpc) is 3.58. The lowest BCUT2D eigenvalue weighted by Crippen LogP contribution is -2.45. The first-order valence-corrected chi connectivity index (χ1v) is 18.3. The predicted octanol–water partition coefficient (Wildman–Crippen LogP) is 9.16. The summed E-state index contributed by atoms with van der Waals surface area (Å²) in [5.74, 6) is -1.30. The molecule has 0 spiro atoms. The number of nitrogens with zero attached hydrogens (tertiary/aromatic N) is 1. The van der Waals surface area contributed by atoms with E-state index in [2.05, 4.69) is 17.4 Å². The quantitative estimate of drug-likeness (QED) is 0.0975. The third kappa shape index (κ3) is 8.07. The highest BCUT2D eigenvalue weighted by molar-refractivity contribution is 6.31. The van der Waals surface area contributed by atoms with E-state index in [1.54, 1.807) is 4.90 Å². The van der Waals surface area contributed by atoms with Crippen molar-refractivity contribution in [2.24, 2.45) is 5.92 Å². The Labute approximate surface area is 311 Å². The fourth-order valence-corrected chi connectivity index (χ4v) is 7.92. The van der Waals surface area contributed by atoms with Crippen LogP contribution in [0, 0.1) is 12.8 Å². The summed E-state index contributed by atoms with van der Waals surface area (Å²) in [7, 11) is 3.74. The van der Waals surface area contributed by atoms with E-state index in [1.807, 2.05) is 136 Å². The highest BCUT2D eigenvalue weighted by atomic mass is 35.5. The third-order valence-electron chi connectivity index (χ3n) is 10.2. The van der Waals surface area contributed by atoms with Crippen molar-refractivity contribution < 1.29 is 14.3 Å². The minimum Gasteiger partial charge on any atom is -0.444 e. The van der Waals surface area contributed by atoms with Crippen LogP contribution in [0.15, 0.2) is 127 Å². The van der Waals surface area contributed by atoms with Crippen LogP contribution in [0.2, 0.25) is 10.0 Å². The Balaban J connectivity index is 1.36. The molecule has 6 rings (SSSR count). The number of carbonyl (C=O) groups is 2. The van der Waals surface area contributed by atoms with Crippen molar-refractivity contribution in [3.05, 3.63) is 176 Å². The van der Waals surface area contributed by atoms with Gasteiger partial charge in [0, 0.05) is 46.4 Å². The molecule has 5 aromatic carbocycles. The van der Waals surface area contributed by atoms with Gasteiger partial charge in [0.1, 0.15) is 0 Å². The summed E-state index contributed by atoms with van der Waals surface area (Å²) < 4.78 is 6.80. The largest absolute Gasteiger partial charge is 0.444 e. The number of likely N-dealkylation sites (N-methyl/N-ethyl adjacent to an activating group) is 2. The second kappa shape index (κ2) is 16.3. The molecule has 0 fully saturated rings. The van der Waals surface area contributed by atoms with Gasteiger partial charge < -0.3 is 15.0 Å². The number of amides is 1. The molecule has 2 unspecified atom stereocenters. The summed E-state index contributed by atoms with van der Waals surface area (Å²) in [5, 5.41) is 4.54. The Hall–Kier alpha value is -4.42. The second-order valence-corrected chi connectivity index (χ2v) is 14.4.